The third-order valence-electron chi connectivity index (χ3n) is 5.49. The fourth-order valence-electron chi connectivity index (χ4n) is 3.94. The van der Waals surface area contributed by atoms with E-state index in [1.54, 1.807) is 6.07 Å². The summed E-state index contributed by atoms with van der Waals surface area (Å²) in [7, 11) is 1.26. The first-order valence-electron chi connectivity index (χ1n) is 10.6. The fraction of sp³-hybridized carbons (Fsp3) is 0.500. The average molecular weight is 463 g/mol. The van der Waals surface area contributed by atoms with Gasteiger partial charge >= 0.3 is 5.97 Å². The van der Waals surface area contributed by atoms with Crippen LogP contribution in [0.3, 0.4) is 0 Å². The molecule has 3 rings (SSSR count). The van der Waals surface area contributed by atoms with Crippen LogP contribution >= 0.6 is 11.6 Å². The molecule has 10 heteroatoms. The maximum absolute atomic E-state index is 12.4. The normalized spacial score (nSPS) is 15.5. The Labute approximate surface area is 191 Å². The number of carbonyl (C=O) groups excluding carboxylic acids is 3. The molecule has 1 aromatic heterocycles. The van der Waals surface area contributed by atoms with Gasteiger partial charge in [-0.15, -0.1) is 0 Å². The lowest BCUT2D eigenvalue weighted by atomic mass is 9.89. The second-order valence-corrected chi connectivity index (χ2v) is 8.33. The van der Waals surface area contributed by atoms with Crippen molar-refractivity contribution < 1.29 is 23.6 Å². The number of halogens is 1. The largest absolute Gasteiger partial charge is 0.465 e. The monoisotopic (exact) mass is 462 g/mol. The first-order chi connectivity index (χ1) is 15.3. The Kier molecular flexibility index (Phi) is 7.84. The quantitative estimate of drug-likeness (QED) is 0.474. The zero-order valence-electron chi connectivity index (χ0n) is 18.2. The van der Waals surface area contributed by atoms with E-state index in [-0.39, 0.29) is 35.2 Å². The zero-order chi connectivity index (χ0) is 23.1. The van der Waals surface area contributed by atoms with Crippen molar-refractivity contribution in [2.24, 2.45) is 0 Å². The van der Waals surface area contributed by atoms with Crippen LogP contribution in [0.15, 0.2) is 22.7 Å². The standard InChI is InChI=1S/C22H27ClN4O5/c1-14(28)26-22(11-5-3-4-6-12-22)21-25-19(32-27-21)10-9-18(29)24-15-7-8-17(23)16(13-15)20(30)31-2/h7-8,13H,3-6,9-12H2,1-2H3,(H,24,29)(H,26,28). The highest BCUT2D eigenvalue weighted by atomic mass is 35.5. The number of aromatic nitrogens is 2. The molecule has 9 nitrogen and oxygen atoms in total. The van der Waals surface area contributed by atoms with E-state index in [4.69, 9.17) is 16.1 Å². The van der Waals surface area contributed by atoms with Gasteiger partial charge in [0.25, 0.3) is 0 Å². The van der Waals surface area contributed by atoms with Crippen LogP contribution in [-0.4, -0.2) is 35.0 Å². The first kappa shape index (κ1) is 23.7. The molecule has 0 saturated heterocycles. The summed E-state index contributed by atoms with van der Waals surface area (Å²) < 4.78 is 10.1. The molecule has 2 N–H and O–H groups in total. The van der Waals surface area contributed by atoms with Gasteiger partial charge in [0.2, 0.25) is 17.7 Å². The molecule has 2 amide bonds. The van der Waals surface area contributed by atoms with E-state index < -0.39 is 11.5 Å². The first-order valence-corrected chi connectivity index (χ1v) is 11.0. The third-order valence-corrected chi connectivity index (χ3v) is 5.82. The summed E-state index contributed by atoms with van der Waals surface area (Å²) in [4.78, 5) is 40.4. The summed E-state index contributed by atoms with van der Waals surface area (Å²) in [5, 5.41) is 10.1. The highest BCUT2D eigenvalue weighted by Gasteiger charge is 2.38. The van der Waals surface area contributed by atoms with Crippen molar-refractivity contribution in [2.45, 2.75) is 63.8 Å². The Hall–Kier alpha value is -2.94. The van der Waals surface area contributed by atoms with E-state index >= 15 is 0 Å². The second-order valence-electron chi connectivity index (χ2n) is 7.92. The molecule has 1 aliphatic carbocycles. The van der Waals surface area contributed by atoms with Crippen LogP contribution < -0.4 is 10.6 Å². The maximum Gasteiger partial charge on any atom is 0.339 e. The molecule has 1 aromatic carbocycles. The van der Waals surface area contributed by atoms with Gasteiger partial charge in [-0.25, -0.2) is 4.79 Å². The molecule has 1 saturated carbocycles. The van der Waals surface area contributed by atoms with Gasteiger partial charge in [-0.1, -0.05) is 42.4 Å². The van der Waals surface area contributed by atoms with E-state index in [9.17, 15) is 14.4 Å². The summed E-state index contributed by atoms with van der Waals surface area (Å²) in [6, 6.07) is 4.57. The minimum absolute atomic E-state index is 0.102. The summed E-state index contributed by atoms with van der Waals surface area (Å²) >= 11 is 6.00. The molecule has 32 heavy (non-hydrogen) atoms. The smallest absolute Gasteiger partial charge is 0.339 e. The van der Waals surface area contributed by atoms with Crippen LogP contribution in [0.1, 0.15) is 73.9 Å². The van der Waals surface area contributed by atoms with E-state index in [0.29, 0.717) is 17.4 Å². The van der Waals surface area contributed by atoms with Crippen LogP contribution in [0.25, 0.3) is 0 Å². The van der Waals surface area contributed by atoms with Gasteiger partial charge in [0.15, 0.2) is 5.82 Å². The number of hydrogen-bond donors (Lipinski definition) is 2. The minimum Gasteiger partial charge on any atom is -0.465 e. The highest BCUT2D eigenvalue weighted by Crippen LogP contribution is 2.34. The van der Waals surface area contributed by atoms with Crippen LogP contribution in [0, 0.1) is 0 Å². The number of amides is 2. The number of nitrogens with one attached hydrogen (secondary N) is 2. The van der Waals surface area contributed by atoms with Crippen molar-refractivity contribution in [2.75, 3.05) is 12.4 Å². The Morgan fingerprint density at radius 2 is 1.91 bits per heavy atom. The van der Waals surface area contributed by atoms with Crippen molar-refractivity contribution in [3.63, 3.8) is 0 Å². The topological polar surface area (TPSA) is 123 Å². The summed E-state index contributed by atoms with van der Waals surface area (Å²) in [6.45, 7) is 1.49. The van der Waals surface area contributed by atoms with Crippen LogP contribution in [0.5, 0.6) is 0 Å². The highest BCUT2D eigenvalue weighted by molar-refractivity contribution is 6.33. The molecule has 0 aliphatic heterocycles. The number of hydrogen-bond acceptors (Lipinski definition) is 7. The molecule has 0 radical (unpaired) electrons. The number of benzene rings is 1. The molecular formula is C22H27ClN4O5. The maximum atomic E-state index is 12.4. The Balaban J connectivity index is 1.64. The predicted octanol–water partition coefficient (Wildman–Crippen LogP) is 3.77. The molecule has 1 aliphatic rings. The Morgan fingerprint density at radius 1 is 1.19 bits per heavy atom. The lowest BCUT2D eigenvalue weighted by Crippen LogP contribution is -2.45. The lowest BCUT2D eigenvalue weighted by Gasteiger charge is -2.30. The van der Waals surface area contributed by atoms with Crippen molar-refractivity contribution in [3.8, 4) is 0 Å². The molecule has 0 unspecified atom stereocenters. The van der Waals surface area contributed by atoms with E-state index in [1.807, 2.05) is 0 Å². The van der Waals surface area contributed by atoms with Crippen molar-refractivity contribution in [3.05, 3.63) is 40.5 Å². The summed E-state index contributed by atoms with van der Waals surface area (Å²) in [5.41, 5.74) is -0.0332. The van der Waals surface area contributed by atoms with Gasteiger partial charge in [0.1, 0.15) is 5.54 Å². The van der Waals surface area contributed by atoms with E-state index in [0.717, 1.165) is 38.5 Å². The van der Waals surface area contributed by atoms with Crippen LogP contribution in [0.4, 0.5) is 5.69 Å². The van der Waals surface area contributed by atoms with Crippen molar-refractivity contribution >= 4 is 35.1 Å². The number of aryl methyl sites for hydroxylation is 1. The number of esters is 1. The number of anilines is 1. The number of methoxy groups -OCH3 is 1. The van der Waals surface area contributed by atoms with Gasteiger partial charge in [0.05, 0.1) is 17.7 Å². The van der Waals surface area contributed by atoms with Gasteiger partial charge in [-0.05, 0) is 31.0 Å². The number of rotatable bonds is 7. The zero-order valence-corrected chi connectivity index (χ0v) is 19.0. The predicted molar refractivity (Wildman–Crippen MR) is 117 cm³/mol. The molecule has 0 atom stereocenters. The Morgan fingerprint density at radius 3 is 2.56 bits per heavy atom. The van der Waals surface area contributed by atoms with Gasteiger partial charge in [-0.2, -0.15) is 4.98 Å². The molecular weight excluding hydrogens is 436 g/mol. The molecule has 0 bridgehead atoms. The SMILES string of the molecule is COC(=O)c1cc(NC(=O)CCc2nc(C3(NC(C)=O)CCCCCC3)no2)ccc1Cl. The fourth-order valence-corrected chi connectivity index (χ4v) is 4.13. The van der Waals surface area contributed by atoms with E-state index in [2.05, 4.69) is 25.5 Å². The van der Waals surface area contributed by atoms with Crippen LogP contribution in [0.2, 0.25) is 5.02 Å². The lowest BCUT2D eigenvalue weighted by molar-refractivity contribution is -0.121. The Bertz CT molecular complexity index is 982. The third kappa shape index (κ3) is 5.85. The summed E-state index contributed by atoms with van der Waals surface area (Å²) in [5.74, 6) is -0.210. The van der Waals surface area contributed by atoms with Gasteiger partial charge < -0.3 is 19.9 Å². The number of nitrogens with zero attached hydrogens (tertiary/aromatic N) is 2. The second kappa shape index (κ2) is 10.6. The summed E-state index contributed by atoms with van der Waals surface area (Å²) in [6.07, 6.45) is 6.01. The molecule has 2 aromatic rings. The van der Waals surface area contributed by atoms with Crippen molar-refractivity contribution in [1.82, 2.24) is 15.5 Å². The number of carbonyl (C=O) groups is 3. The van der Waals surface area contributed by atoms with Gasteiger partial charge in [0, 0.05) is 25.5 Å². The van der Waals surface area contributed by atoms with E-state index in [1.165, 1.54) is 26.2 Å². The molecule has 0 spiro atoms. The molecule has 172 valence electrons. The molecule has 1 heterocycles. The van der Waals surface area contributed by atoms with Gasteiger partial charge in [-0.3, -0.25) is 9.59 Å². The number of ether oxygens (including phenoxy) is 1. The minimum atomic E-state index is -0.625. The average Bonchev–Trinajstić information content (AvgIpc) is 3.13. The van der Waals surface area contributed by atoms with Crippen LogP contribution in [-0.2, 0) is 26.3 Å². The molecule has 1 fully saturated rings. The van der Waals surface area contributed by atoms with Crippen molar-refractivity contribution in [1.29, 1.82) is 0 Å².